The molecule has 0 amide bonds. The quantitative estimate of drug-likeness (QED) is 0.218. The van der Waals surface area contributed by atoms with Gasteiger partial charge >= 0.3 is 5.97 Å². The fourth-order valence-corrected chi connectivity index (χ4v) is 3.96. The van der Waals surface area contributed by atoms with E-state index in [-0.39, 0.29) is 23.9 Å². The fraction of sp³-hybridized carbons (Fsp3) is 0.833. The molecule has 162 valence electrons. The van der Waals surface area contributed by atoms with Gasteiger partial charge in [-0.25, -0.2) is 0 Å². The average Bonchev–Trinajstić information content (AvgIpc) is 3.04. The van der Waals surface area contributed by atoms with Crippen LogP contribution in [0.5, 0.6) is 0 Å². The van der Waals surface area contributed by atoms with Gasteiger partial charge in [0.2, 0.25) is 0 Å². The molecular weight excluding hydrogens is 352 g/mol. The number of rotatable bonds is 15. The Bertz CT molecular complexity index is 483. The minimum absolute atomic E-state index is 0.0869. The summed E-state index contributed by atoms with van der Waals surface area (Å²) in [5.41, 5.74) is 1.28. The summed E-state index contributed by atoms with van der Waals surface area (Å²) in [6, 6.07) is 0. The normalized spacial score (nSPS) is 21.8. The lowest BCUT2D eigenvalue weighted by molar-refractivity contribution is -0.143. The highest BCUT2D eigenvalue weighted by molar-refractivity contribution is 5.82. The Balaban J connectivity index is 2.29. The van der Waals surface area contributed by atoms with E-state index in [1.807, 2.05) is 13.8 Å². The van der Waals surface area contributed by atoms with Crippen LogP contribution in [0, 0.1) is 11.8 Å². The maximum Gasteiger partial charge on any atom is 0.305 e. The van der Waals surface area contributed by atoms with Gasteiger partial charge in [0, 0.05) is 24.7 Å². The molecule has 1 saturated carbocycles. The Labute approximate surface area is 172 Å². The molecule has 4 heteroatoms. The van der Waals surface area contributed by atoms with Crippen LogP contribution in [0.15, 0.2) is 11.6 Å². The van der Waals surface area contributed by atoms with Crippen LogP contribution in [-0.4, -0.2) is 29.6 Å². The van der Waals surface area contributed by atoms with Gasteiger partial charge in [-0.2, -0.15) is 0 Å². The van der Waals surface area contributed by atoms with Crippen LogP contribution in [0.1, 0.15) is 104 Å². The number of ketones is 1. The molecule has 0 aromatic heterocycles. The van der Waals surface area contributed by atoms with Crippen molar-refractivity contribution in [2.45, 2.75) is 110 Å². The number of hydrogen-bond donors (Lipinski definition) is 1. The zero-order valence-electron chi connectivity index (χ0n) is 18.4. The van der Waals surface area contributed by atoms with E-state index < -0.39 is 0 Å². The van der Waals surface area contributed by atoms with Crippen LogP contribution in [-0.2, 0) is 14.3 Å². The largest absolute Gasteiger partial charge is 0.466 e. The number of aliphatic hydroxyl groups is 1. The summed E-state index contributed by atoms with van der Waals surface area (Å²) in [6.07, 6.45) is 13.7. The third kappa shape index (κ3) is 9.86. The second-order valence-electron chi connectivity index (χ2n) is 8.38. The van der Waals surface area contributed by atoms with Gasteiger partial charge in [-0.3, -0.25) is 9.59 Å². The number of carbonyl (C=O) groups excluding carboxylic acids is 2. The van der Waals surface area contributed by atoms with Crippen LogP contribution in [0.3, 0.4) is 0 Å². The number of ether oxygens (including phenoxy) is 1. The van der Waals surface area contributed by atoms with Crippen LogP contribution in [0.25, 0.3) is 0 Å². The molecule has 0 aromatic rings. The van der Waals surface area contributed by atoms with Crippen molar-refractivity contribution in [2.24, 2.45) is 11.8 Å². The number of allylic oxidation sites excluding steroid dienone is 1. The number of aliphatic hydroxyl groups excluding tert-OH is 1. The van der Waals surface area contributed by atoms with Gasteiger partial charge in [-0.15, -0.1) is 0 Å². The molecule has 1 fully saturated rings. The van der Waals surface area contributed by atoms with E-state index in [9.17, 15) is 14.7 Å². The van der Waals surface area contributed by atoms with E-state index in [2.05, 4.69) is 13.0 Å². The Morgan fingerprint density at radius 3 is 2.61 bits per heavy atom. The molecule has 1 rings (SSSR count). The fourth-order valence-electron chi connectivity index (χ4n) is 3.96. The summed E-state index contributed by atoms with van der Waals surface area (Å²) in [5.74, 6) is 0.603. The Morgan fingerprint density at radius 2 is 1.89 bits per heavy atom. The number of unbranched alkanes of at least 4 members (excludes halogenated alkanes) is 4. The third-order valence-corrected chi connectivity index (χ3v) is 5.89. The molecule has 0 aliphatic heterocycles. The molecule has 1 aliphatic rings. The highest BCUT2D eigenvalue weighted by Crippen LogP contribution is 2.35. The Hall–Kier alpha value is -1.16. The number of hydrogen-bond acceptors (Lipinski definition) is 4. The minimum atomic E-state index is -0.261. The first kappa shape index (κ1) is 24.9. The zero-order valence-corrected chi connectivity index (χ0v) is 18.4. The van der Waals surface area contributed by atoms with Gasteiger partial charge in [-0.05, 0) is 38.5 Å². The number of esters is 1. The summed E-state index contributed by atoms with van der Waals surface area (Å²) in [4.78, 5) is 23.8. The Kier molecular flexibility index (Phi) is 13.1. The summed E-state index contributed by atoms with van der Waals surface area (Å²) in [6.45, 7) is 6.71. The van der Waals surface area contributed by atoms with Gasteiger partial charge in [0.25, 0.3) is 0 Å². The molecule has 0 radical (unpaired) electrons. The van der Waals surface area contributed by atoms with E-state index in [1.54, 1.807) is 0 Å². The van der Waals surface area contributed by atoms with Crippen LogP contribution in [0.2, 0.25) is 0 Å². The maximum atomic E-state index is 12.3. The molecule has 0 aromatic carbocycles. The van der Waals surface area contributed by atoms with Crippen molar-refractivity contribution < 1.29 is 19.4 Å². The van der Waals surface area contributed by atoms with E-state index in [4.69, 9.17) is 4.74 Å². The van der Waals surface area contributed by atoms with E-state index >= 15 is 0 Å². The van der Waals surface area contributed by atoms with Crippen molar-refractivity contribution in [1.29, 1.82) is 0 Å². The van der Waals surface area contributed by atoms with E-state index in [1.165, 1.54) is 5.57 Å². The van der Waals surface area contributed by atoms with Crippen molar-refractivity contribution in [2.75, 3.05) is 6.61 Å². The molecule has 0 spiro atoms. The van der Waals surface area contributed by atoms with Gasteiger partial charge < -0.3 is 9.84 Å². The molecule has 1 aliphatic carbocycles. The van der Waals surface area contributed by atoms with Gasteiger partial charge in [0.15, 0.2) is 0 Å². The van der Waals surface area contributed by atoms with Crippen LogP contribution >= 0.6 is 0 Å². The van der Waals surface area contributed by atoms with Crippen molar-refractivity contribution in [3.8, 4) is 0 Å². The molecular formula is C24H42O4. The summed E-state index contributed by atoms with van der Waals surface area (Å²) in [5, 5.41) is 10.3. The lowest BCUT2D eigenvalue weighted by Gasteiger charge is -2.17. The average molecular weight is 395 g/mol. The van der Waals surface area contributed by atoms with Gasteiger partial charge in [0.05, 0.1) is 12.7 Å². The van der Waals surface area contributed by atoms with Gasteiger partial charge in [-0.1, -0.05) is 64.5 Å². The van der Waals surface area contributed by atoms with Crippen molar-refractivity contribution in [1.82, 2.24) is 0 Å². The monoisotopic (exact) mass is 394 g/mol. The SMILES string of the molecule is CCCCC(C)C(=O)CC=C1CC[C@@H](O)[C@@H]1CCCCCCC(=O)OCCC. The lowest BCUT2D eigenvalue weighted by Crippen LogP contribution is -2.15. The first-order valence-corrected chi connectivity index (χ1v) is 11.5. The maximum absolute atomic E-state index is 12.3. The first-order valence-electron chi connectivity index (χ1n) is 11.5. The second-order valence-corrected chi connectivity index (χ2v) is 8.38. The standard InChI is InChI=1S/C24H42O4/c1-4-6-11-19(3)22(25)16-14-20-15-17-23(26)21(20)12-9-7-8-10-13-24(27)28-18-5-2/h14,19,21,23,26H,4-13,15-18H2,1-3H3/t19?,21-,23-/m1/s1. The lowest BCUT2D eigenvalue weighted by atomic mass is 9.91. The molecule has 0 heterocycles. The van der Waals surface area contributed by atoms with Crippen LogP contribution < -0.4 is 0 Å². The predicted octanol–water partition coefficient (Wildman–Crippen LogP) is 5.76. The van der Waals surface area contributed by atoms with Crippen molar-refractivity contribution in [3.63, 3.8) is 0 Å². The highest BCUT2D eigenvalue weighted by atomic mass is 16.5. The number of Topliss-reactive ketones (excluding diaryl/α,β-unsaturated/α-hetero) is 1. The third-order valence-electron chi connectivity index (χ3n) is 5.89. The second kappa shape index (κ2) is 14.8. The van der Waals surface area contributed by atoms with Crippen molar-refractivity contribution >= 4 is 11.8 Å². The smallest absolute Gasteiger partial charge is 0.305 e. The molecule has 0 saturated heterocycles. The molecule has 0 bridgehead atoms. The number of carbonyl (C=O) groups is 2. The molecule has 28 heavy (non-hydrogen) atoms. The summed E-state index contributed by atoms with van der Waals surface area (Å²) < 4.78 is 5.08. The van der Waals surface area contributed by atoms with E-state index in [0.29, 0.717) is 25.2 Å². The van der Waals surface area contributed by atoms with Crippen molar-refractivity contribution in [3.05, 3.63) is 11.6 Å². The summed E-state index contributed by atoms with van der Waals surface area (Å²) >= 11 is 0. The summed E-state index contributed by atoms with van der Waals surface area (Å²) in [7, 11) is 0. The van der Waals surface area contributed by atoms with Crippen LogP contribution in [0.4, 0.5) is 0 Å². The topological polar surface area (TPSA) is 63.6 Å². The van der Waals surface area contributed by atoms with Gasteiger partial charge in [0.1, 0.15) is 5.78 Å². The van der Waals surface area contributed by atoms with E-state index in [0.717, 1.165) is 70.6 Å². The molecule has 3 atom stereocenters. The molecule has 4 nitrogen and oxygen atoms in total. The predicted molar refractivity (Wildman–Crippen MR) is 114 cm³/mol. The molecule has 1 N–H and O–H groups in total. The first-order chi connectivity index (χ1) is 13.5. The molecule has 1 unspecified atom stereocenters. The Morgan fingerprint density at radius 1 is 1.14 bits per heavy atom. The zero-order chi connectivity index (χ0) is 20.8. The highest BCUT2D eigenvalue weighted by Gasteiger charge is 2.29. The minimum Gasteiger partial charge on any atom is -0.466 e.